The van der Waals surface area contributed by atoms with Gasteiger partial charge in [0.05, 0.1) is 0 Å². The molecule has 0 heterocycles. The van der Waals surface area contributed by atoms with E-state index in [0.717, 1.165) is 26.1 Å². The molecule has 0 amide bonds. The van der Waals surface area contributed by atoms with Crippen LogP contribution in [0, 0.1) is 12.3 Å². The van der Waals surface area contributed by atoms with Crippen LogP contribution in [0.1, 0.15) is 64.7 Å². The summed E-state index contributed by atoms with van der Waals surface area (Å²) in [5.41, 5.74) is 0. The zero-order valence-electron chi connectivity index (χ0n) is 10.3. The Labute approximate surface area is 95.6 Å². The number of hydrogen-bond acceptors (Lipinski definition) is 1. The van der Waals surface area contributed by atoms with Crippen LogP contribution in [0.2, 0.25) is 0 Å². The topological polar surface area (TPSA) is 9.23 Å². The molecule has 0 aromatic rings. The molecule has 0 radical (unpaired) electrons. The second-order valence-electron chi connectivity index (χ2n) is 4.04. The molecule has 88 valence electrons. The maximum absolute atomic E-state index is 5.42. The van der Waals surface area contributed by atoms with Crippen LogP contribution in [-0.2, 0) is 4.74 Å². The maximum atomic E-state index is 5.42. The summed E-state index contributed by atoms with van der Waals surface area (Å²) in [4.78, 5) is 0. The van der Waals surface area contributed by atoms with E-state index < -0.39 is 0 Å². The summed E-state index contributed by atoms with van der Waals surface area (Å²) in [6.45, 7) is 4.02. The molecule has 0 aliphatic rings. The molecule has 0 saturated carbocycles. The van der Waals surface area contributed by atoms with Crippen molar-refractivity contribution in [2.24, 2.45) is 0 Å². The molecule has 0 unspecified atom stereocenters. The molecule has 0 atom stereocenters. The van der Waals surface area contributed by atoms with E-state index in [1.165, 1.54) is 44.9 Å². The van der Waals surface area contributed by atoms with Crippen molar-refractivity contribution < 1.29 is 4.74 Å². The molecule has 0 rings (SSSR count). The van der Waals surface area contributed by atoms with Crippen molar-refractivity contribution in [2.75, 3.05) is 13.2 Å². The van der Waals surface area contributed by atoms with Crippen LogP contribution in [0.25, 0.3) is 0 Å². The smallest absolute Gasteiger partial charge is 0.0466 e. The van der Waals surface area contributed by atoms with Gasteiger partial charge in [0.15, 0.2) is 0 Å². The summed E-state index contributed by atoms with van der Waals surface area (Å²) < 4.78 is 5.42. The van der Waals surface area contributed by atoms with E-state index in [0.29, 0.717) is 0 Å². The summed E-state index contributed by atoms with van der Waals surface area (Å²) in [7, 11) is 0. The van der Waals surface area contributed by atoms with Gasteiger partial charge in [0.1, 0.15) is 0 Å². The fourth-order valence-corrected chi connectivity index (χ4v) is 1.56. The number of terminal acetylenes is 1. The van der Waals surface area contributed by atoms with Crippen molar-refractivity contribution in [1.82, 2.24) is 0 Å². The standard InChI is InChI=1S/C14H26O/c1-3-5-6-7-8-9-10-11-12-14-15-13-4-2/h1H,4-14H2,2H3. The highest BCUT2D eigenvalue weighted by Gasteiger charge is 1.91. The summed E-state index contributed by atoms with van der Waals surface area (Å²) in [6.07, 6.45) is 16.4. The highest BCUT2D eigenvalue weighted by Crippen LogP contribution is 2.08. The fraction of sp³-hybridized carbons (Fsp3) is 0.857. The molecule has 1 nitrogen and oxygen atoms in total. The molecule has 0 aliphatic carbocycles. The Bertz CT molecular complexity index is 146. The summed E-state index contributed by atoms with van der Waals surface area (Å²) >= 11 is 0. The lowest BCUT2D eigenvalue weighted by Crippen LogP contribution is -1.95. The normalized spacial score (nSPS) is 10.1. The number of unbranched alkanes of at least 4 members (excludes halogenated alkanes) is 7. The van der Waals surface area contributed by atoms with Crippen LogP contribution >= 0.6 is 0 Å². The number of rotatable bonds is 11. The van der Waals surface area contributed by atoms with Gasteiger partial charge in [-0.15, -0.1) is 12.3 Å². The summed E-state index contributed by atoms with van der Waals surface area (Å²) in [5, 5.41) is 0. The maximum Gasteiger partial charge on any atom is 0.0466 e. The van der Waals surface area contributed by atoms with E-state index >= 15 is 0 Å². The second kappa shape index (κ2) is 13.5. The lowest BCUT2D eigenvalue weighted by molar-refractivity contribution is 0.130. The molecule has 0 aromatic carbocycles. The zero-order chi connectivity index (χ0) is 11.2. The van der Waals surface area contributed by atoms with E-state index in [-0.39, 0.29) is 0 Å². The van der Waals surface area contributed by atoms with Gasteiger partial charge >= 0.3 is 0 Å². The third kappa shape index (κ3) is 13.5. The minimum atomic E-state index is 0.923. The molecule has 0 saturated heterocycles. The Morgan fingerprint density at radius 2 is 1.47 bits per heavy atom. The SMILES string of the molecule is C#CCCCCCCCCCOCCC. The molecule has 0 spiro atoms. The van der Waals surface area contributed by atoms with Gasteiger partial charge in [-0.3, -0.25) is 0 Å². The Morgan fingerprint density at radius 1 is 0.867 bits per heavy atom. The first-order valence-corrected chi connectivity index (χ1v) is 6.43. The monoisotopic (exact) mass is 210 g/mol. The Hall–Kier alpha value is -0.480. The van der Waals surface area contributed by atoms with Gasteiger partial charge in [0.25, 0.3) is 0 Å². The van der Waals surface area contributed by atoms with Crippen molar-refractivity contribution in [3.05, 3.63) is 0 Å². The minimum Gasteiger partial charge on any atom is -0.381 e. The van der Waals surface area contributed by atoms with E-state index in [1.54, 1.807) is 0 Å². The quantitative estimate of drug-likeness (QED) is 0.367. The van der Waals surface area contributed by atoms with Crippen LogP contribution in [0.3, 0.4) is 0 Å². The molecule has 15 heavy (non-hydrogen) atoms. The van der Waals surface area contributed by atoms with Gasteiger partial charge in [-0.1, -0.05) is 39.0 Å². The van der Waals surface area contributed by atoms with Crippen molar-refractivity contribution in [2.45, 2.75) is 64.7 Å². The highest BCUT2D eigenvalue weighted by atomic mass is 16.5. The van der Waals surface area contributed by atoms with Crippen LogP contribution < -0.4 is 0 Å². The average molecular weight is 210 g/mol. The Kier molecular flexibility index (Phi) is 13.1. The number of ether oxygens (including phenoxy) is 1. The van der Waals surface area contributed by atoms with Gasteiger partial charge in [0, 0.05) is 19.6 Å². The van der Waals surface area contributed by atoms with E-state index in [9.17, 15) is 0 Å². The summed E-state index contributed by atoms with van der Waals surface area (Å²) in [5.74, 6) is 2.68. The Balaban J connectivity index is 2.84. The molecular formula is C14H26O. The largest absolute Gasteiger partial charge is 0.381 e. The van der Waals surface area contributed by atoms with Gasteiger partial charge in [-0.25, -0.2) is 0 Å². The van der Waals surface area contributed by atoms with Gasteiger partial charge in [-0.05, 0) is 19.3 Å². The van der Waals surface area contributed by atoms with Crippen LogP contribution in [0.15, 0.2) is 0 Å². The van der Waals surface area contributed by atoms with Gasteiger partial charge in [-0.2, -0.15) is 0 Å². The van der Waals surface area contributed by atoms with Crippen LogP contribution in [0.4, 0.5) is 0 Å². The molecule has 0 aromatic heterocycles. The highest BCUT2D eigenvalue weighted by molar-refractivity contribution is 4.82. The first-order chi connectivity index (χ1) is 7.41. The predicted octanol–water partition coefficient (Wildman–Crippen LogP) is 4.17. The second-order valence-corrected chi connectivity index (χ2v) is 4.04. The molecule has 0 N–H and O–H groups in total. The van der Waals surface area contributed by atoms with Crippen molar-refractivity contribution in [1.29, 1.82) is 0 Å². The van der Waals surface area contributed by atoms with Crippen molar-refractivity contribution in [3.8, 4) is 12.3 Å². The molecule has 1 heteroatoms. The average Bonchev–Trinajstić information content (AvgIpc) is 2.26. The minimum absolute atomic E-state index is 0.923. The predicted molar refractivity (Wildman–Crippen MR) is 66.9 cm³/mol. The van der Waals surface area contributed by atoms with E-state index in [4.69, 9.17) is 11.2 Å². The Morgan fingerprint density at radius 3 is 2.07 bits per heavy atom. The first kappa shape index (κ1) is 14.5. The van der Waals surface area contributed by atoms with Crippen molar-refractivity contribution >= 4 is 0 Å². The van der Waals surface area contributed by atoms with Crippen LogP contribution in [-0.4, -0.2) is 13.2 Å². The molecule has 0 fully saturated rings. The van der Waals surface area contributed by atoms with Crippen molar-refractivity contribution in [3.63, 3.8) is 0 Å². The van der Waals surface area contributed by atoms with Gasteiger partial charge in [0.2, 0.25) is 0 Å². The third-order valence-electron chi connectivity index (χ3n) is 2.46. The van der Waals surface area contributed by atoms with Gasteiger partial charge < -0.3 is 4.74 Å². The number of hydrogen-bond donors (Lipinski definition) is 0. The fourth-order valence-electron chi connectivity index (χ4n) is 1.56. The van der Waals surface area contributed by atoms with E-state index in [2.05, 4.69) is 12.8 Å². The van der Waals surface area contributed by atoms with E-state index in [1.807, 2.05) is 0 Å². The lowest BCUT2D eigenvalue weighted by atomic mass is 10.1. The van der Waals surface area contributed by atoms with Crippen LogP contribution in [0.5, 0.6) is 0 Å². The summed E-state index contributed by atoms with van der Waals surface area (Å²) in [6, 6.07) is 0. The lowest BCUT2D eigenvalue weighted by Gasteiger charge is -2.02. The molecule has 0 aliphatic heterocycles. The molecule has 0 bridgehead atoms. The third-order valence-corrected chi connectivity index (χ3v) is 2.46. The zero-order valence-corrected chi connectivity index (χ0v) is 10.3. The molecular weight excluding hydrogens is 184 g/mol. The first-order valence-electron chi connectivity index (χ1n) is 6.43.